The van der Waals surface area contributed by atoms with Crippen LogP contribution < -0.4 is 4.90 Å². The molecule has 0 aliphatic rings. The van der Waals surface area contributed by atoms with Crippen molar-refractivity contribution in [3.05, 3.63) is 89.9 Å². The van der Waals surface area contributed by atoms with E-state index in [1.807, 2.05) is 48.5 Å². The third kappa shape index (κ3) is 3.25. The van der Waals surface area contributed by atoms with E-state index < -0.39 is 0 Å². The van der Waals surface area contributed by atoms with Gasteiger partial charge in [0, 0.05) is 23.3 Å². The van der Waals surface area contributed by atoms with Gasteiger partial charge in [-0.05, 0) is 36.2 Å². The maximum absolute atomic E-state index is 13.7. The molecule has 0 aliphatic heterocycles. The van der Waals surface area contributed by atoms with Crippen LogP contribution in [0.25, 0.3) is 21.1 Å². The molecule has 1 amide bonds. The van der Waals surface area contributed by atoms with Gasteiger partial charge in [-0.15, -0.1) is 0 Å². The summed E-state index contributed by atoms with van der Waals surface area (Å²) in [5.41, 5.74) is 4.55. The fourth-order valence-electron chi connectivity index (χ4n) is 3.67. The van der Waals surface area contributed by atoms with Gasteiger partial charge in [0.2, 0.25) is 0 Å². The molecule has 0 unspecified atom stereocenters. The number of aryl methyl sites for hydroxylation is 1. The number of carbonyl (C=O) groups excluding carboxylic acids is 1. The van der Waals surface area contributed by atoms with Crippen LogP contribution in [-0.4, -0.2) is 20.9 Å². The SMILES string of the molecule is CCc1cccc2sc(N(Cc3ccccn3)C(=O)c3c[nH]c4ccccc34)nc12. The second kappa shape index (κ2) is 7.72. The number of H-pyrrole nitrogens is 1. The lowest BCUT2D eigenvalue weighted by molar-refractivity contribution is 0.0986. The number of carbonyl (C=O) groups is 1. The fraction of sp³-hybridized carbons (Fsp3) is 0.125. The van der Waals surface area contributed by atoms with Crippen molar-refractivity contribution >= 4 is 43.5 Å². The van der Waals surface area contributed by atoms with E-state index >= 15 is 0 Å². The van der Waals surface area contributed by atoms with Crippen LogP contribution in [0.5, 0.6) is 0 Å². The first-order valence-electron chi connectivity index (χ1n) is 9.91. The zero-order valence-electron chi connectivity index (χ0n) is 16.5. The van der Waals surface area contributed by atoms with E-state index in [1.54, 1.807) is 28.6 Å². The zero-order valence-corrected chi connectivity index (χ0v) is 17.3. The normalized spacial score (nSPS) is 11.2. The number of nitrogens with one attached hydrogen (secondary N) is 1. The molecule has 3 heterocycles. The fourth-order valence-corrected chi connectivity index (χ4v) is 4.68. The molecule has 2 aromatic carbocycles. The van der Waals surface area contributed by atoms with Crippen LogP contribution in [0.2, 0.25) is 0 Å². The molecular formula is C24H20N4OS. The maximum Gasteiger partial charge on any atom is 0.262 e. The quantitative estimate of drug-likeness (QED) is 0.410. The molecule has 5 nitrogen and oxygen atoms in total. The lowest BCUT2D eigenvalue weighted by Crippen LogP contribution is -2.30. The van der Waals surface area contributed by atoms with Crippen molar-refractivity contribution in [3.8, 4) is 0 Å². The topological polar surface area (TPSA) is 61.9 Å². The van der Waals surface area contributed by atoms with Crippen molar-refractivity contribution in [1.82, 2.24) is 15.0 Å². The van der Waals surface area contributed by atoms with Crippen LogP contribution in [0.3, 0.4) is 0 Å². The highest BCUT2D eigenvalue weighted by Gasteiger charge is 2.24. The van der Waals surface area contributed by atoms with Gasteiger partial charge >= 0.3 is 0 Å². The van der Waals surface area contributed by atoms with Crippen molar-refractivity contribution in [2.24, 2.45) is 0 Å². The molecule has 0 fully saturated rings. The Balaban J connectivity index is 1.63. The summed E-state index contributed by atoms with van der Waals surface area (Å²) in [7, 11) is 0. The van der Waals surface area contributed by atoms with Crippen molar-refractivity contribution in [2.75, 3.05) is 4.90 Å². The number of benzene rings is 2. The zero-order chi connectivity index (χ0) is 20.5. The maximum atomic E-state index is 13.7. The number of rotatable bonds is 5. The van der Waals surface area contributed by atoms with E-state index in [4.69, 9.17) is 4.98 Å². The minimum Gasteiger partial charge on any atom is -0.360 e. The average molecular weight is 413 g/mol. The first-order valence-corrected chi connectivity index (χ1v) is 10.7. The van der Waals surface area contributed by atoms with Gasteiger partial charge in [0.05, 0.1) is 28.0 Å². The van der Waals surface area contributed by atoms with E-state index in [0.29, 0.717) is 17.2 Å². The van der Waals surface area contributed by atoms with Crippen LogP contribution >= 0.6 is 11.3 Å². The van der Waals surface area contributed by atoms with Crippen LogP contribution in [0.4, 0.5) is 5.13 Å². The molecule has 0 atom stereocenters. The summed E-state index contributed by atoms with van der Waals surface area (Å²) in [4.78, 5) is 28.0. The monoisotopic (exact) mass is 412 g/mol. The number of amides is 1. The van der Waals surface area contributed by atoms with Crippen molar-refractivity contribution in [3.63, 3.8) is 0 Å². The molecule has 0 radical (unpaired) electrons. The average Bonchev–Trinajstić information content (AvgIpc) is 3.42. The van der Waals surface area contributed by atoms with Gasteiger partial charge in [0.1, 0.15) is 0 Å². The number of hydrogen-bond donors (Lipinski definition) is 1. The third-order valence-electron chi connectivity index (χ3n) is 5.21. The van der Waals surface area contributed by atoms with Gasteiger partial charge in [-0.1, -0.05) is 54.7 Å². The van der Waals surface area contributed by atoms with E-state index in [2.05, 4.69) is 29.0 Å². The predicted molar refractivity (Wildman–Crippen MR) is 122 cm³/mol. The molecule has 1 N–H and O–H groups in total. The Labute approximate surface area is 178 Å². The summed E-state index contributed by atoms with van der Waals surface area (Å²) in [6.07, 6.45) is 4.43. The van der Waals surface area contributed by atoms with Gasteiger partial charge in [-0.25, -0.2) is 4.98 Å². The summed E-state index contributed by atoms with van der Waals surface area (Å²) in [5, 5.41) is 1.59. The number of anilines is 1. The number of pyridine rings is 1. The highest BCUT2D eigenvalue weighted by Crippen LogP contribution is 2.33. The minimum absolute atomic E-state index is 0.0878. The van der Waals surface area contributed by atoms with Gasteiger partial charge < -0.3 is 4.98 Å². The van der Waals surface area contributed by atoms with E-state index in [-0.39, 0.29) is 5.91 Å². The molecule has 30 heavy (non-hydrogen) atoms. The molecule has 6 heteroatoms. The lowest BCUT2D eigenvalue weighted by atomic mass is 10.1. The number of hydrogen-bond acceptors (Lipinski definition) is 4. The molecular weight excluding hydrogens is 392 g/mol. The number of aromatic nitrogens is 3. The molecule has 3 aromatic heterocycles. The molecule has 0 saturated heterocycles. The van der Waals surface area contributed by atoms with Gasteiger partial charge in [0.15, 0.2) is 5.13 Å². The van der Waals surface area contributed by atoms with Crippen LogP contribution in [0.15, 0.2) is 73.1 Å². The Morgan fingerprint density at radius 2 is 1.93 bits per heavy atom. The van der Waals surface area contributed by atoms with E-state index in [9.17, 15) is 4.79 Å². The number of nitrogens with zero attached hydrogens (tertiary/aromatic N) is 3. The molecule has 0 aliphatic carbocycles. The van der Waals surface area contributed by atoms with Crippen LogP contribution in [0, 0.1) is 0 Å². The van der Waals surface area contributed by atoms with Crippen molar-refractivity contribution in [1.29, 1.82) is 0 Å². The summed E-state index contributed by atoms with van der Waals surface area (Å²) in [5.74, 6) is -0.0878. The predicted octanol–water partition coefficient (Wildman–Crippen LogP) is 5.58. The van der Waals surface area contributed by atoms with E-state index in [1.165, 1.54) is 5.56 Å². The Bertz CT molecular complexity index is 1340. The standard InChI is InChI=1S/C24H20N4OS/c1-2-16-8-7-12-21-22(16)27-24(30-21)28(15-17-9-5-6-13-25-17)23(29)19-14-26-20-11-4-3-10-18(19)20/h3-14,26H,2,15H2,1H3. The lowest BCUT2D eigenvalue weighted by Gasteiger charge is -2.19. The van der Waals surface area contributed by atoms with Gasteiger partial charge in [-0.3, -0.25) is 14.7 Å². The molecule has 0 saturated carbocycles. The summed E-state index contributed by atoms with van der Waals surface area (Å²) in [6.45, 7) is 2.48. The summed E-state index contributed by atoms with van der Waals surface area (Å²) in [6, 6.07) is 19.8. The Morgan fingerprint density at radius 3 is 2.77 bits per heavy atom. The number of aromatic amines is 1. The minimum atomic E-state index is -0.0878. The largest absolute Gasteiger partial charge is 0.360 e. The summed E-state index contributed by atoms with van der Waals surface area (Å²) < 4.78 is 1.09. The Morgan fingerprint density at radius 1 is 1.07 bits per heavy atom. The first kappa shape index (κ1) is 18.5. The van der Waals surface area contributed by atoms with Crippen molar-refractivity contribution in [2.45, 2.75) is 19.9 Å². The van der Waals surface area contributed by atoms with Crippen LogP contribution in [-0.2, 0) is 13.0 Å². The molecule has 5 aromatic rings. The second-order valence-corrected chi connectivity index (χ2v) is 8.08. The molecule has 0 spiro atoms. The third-order valence-corrected chi connectivity index (χ3v) is 6.26. The summed E-state index contributed by atoms with van der Waals surface area (Å²) >= 11 is 1.54. The number of para-hydroxylation sites is 2. The number of thiazole rings is 1. The Kier molecular flexibility index (Phi) is 4.77. The van der Waals surface area contributed by atoms with Gasteiger partial charge in [-0.2, -0.15) is 0 Å². The van der Waals surface area contributed by atoms with Crippen molar-refractivity contribution < 1.29 is 4.79 Å². The van der Waals surface area contributed by atoms with Crippen LogP contribution in [0.1, 0.15) is 28.5 Å². The smallest absolute Gasteiger partial charge is 0.262 e. The molecule has 148 valence electrons. The second-order valence-electron chi connectivity index (χ2n) is 7.07. The molecule has 0 bridgehead atoms. The Hall–Kier alpha value is -3.51. The van der Waals surface area contributed by atoms with Gasteiger partial charge in [0.25, 0.3) is 5.91 Å². The highest BCUT2D eigenvalue weighted by molar-refractivity contribution is 7.22. The van der Waals surface area contributed by atoms with E-state index in [0.717, 1.165) is 33.2 Å². The number of fused-ring (bicyclic) bond motifs is 2. The highest BCUT2D eigenvalue weighted by atomic mass is 32.1. The molecule has 5 rings (SSSR count). The first-order chi connectivity index (χ1) is 14.7.